The lowest BCUT2D eigenvalue weighted by Crippen LogP contribution is -2.28. The van der Waals surface area contributed by atoms with E-state index >= 15 is 0 Å². The average Bonchev–Trinajstić information content (AvgIpc) is 2.73. The molecule has 5 heteroatoms. The third kappa shape index (κ3) is 5.71. The molecule has 0 unspecified atom stereocenters. The van der Waals surface area contributed by atoms with Crippen LogP contribution in [0.3, 0.4) is 0 Å². The zero-order valence-corrected chi connectivity index (χ0v) is 14.7. The third-order valence-corrected chi connectivity index (χ3v) is 3.85. The van der Waals surface area contributed by atoms with E-state index in [2.05, 4.69) is 10.6 Å². The summed E-state index contributed by atoms with van der Waals surface area (Å²) in [6.07, 6.45) is 0. The van der Waals surface area contributed by atoms with Crippen molar-refractivity contribution >= 4 is 17.5 Å². The molecule has 3 aromatic rings. The number of benzene rings is 3. The first kappa shape index (κ1) is 18.2. The zero-order chi connectivity index (χ0) is 18.9. The summed E-state index contributed by atoms with van der Waals surface area (Å²) < 4.78 is 5.48. The number of hydrogen-bond donors (Lipinski definition) is 2. The van der Waals surface area contributed by atoms with Crippen LogP contribution in [-0.2, 0) is 11.3 Å². The number of anilines is 1. The lowest BCUT2D eigenvalue weighted by atomic mass is 10.2. The largest absolute Gasteiger partial charge is 0.484 e. The summed E-state index contributed by atoms with van der Waals surface area (Å²) in [7, 11) is 0. The van der Waals surface area contributed by atoms with Crippen LogP contribution in [0.5, 0.6) is 5.75 Å². The van der Waals surface area contributed by atoms with E-state index in [9.17, 15) is 9.59 Å². The van der Waals surface area contributed by atoms with Crippen LogP contribution in [0.2, 0.25) is 0 Å². The van der Waals surface area contributed by atoms with Crippen LogP contribution >= 0.6 is 0 Å². The van der Waals surface area contributed by atoms with Crippen LogP contribution in [0.1, 0.15) is 15.9 Å². The van der Waals surface area contributed by atoms with Gasteiger partial charge in [-0.25, -0.2) is 0 Å². The fourth-order valence-corrected chi connectivity index (χ4v) is 2.42. The van der Waals surface area contributed by atoms with Crippen LogP contribution in [0.25, 0.3) is 0 Å². The first-order valence-corrected chi connectivity index (χ1v) is 8.60. The topological polar surface area (TPSA) is 67.4 Å². The molecule has 0 aliphatic carbocycles. The summed E-state index contributed by atoms with van der Waals surface area (Å²) in [5.74, 6) is 0.187. The van der Waals surface area contributed by atoms with Gasteiger partial charge < -0.3 is 15.4 Å². The fraction of sp³-hybridized carbons (Fsp3) is 0.0909. The highest BCUT2D eigenvalue weighted by Gasteiger charge is 2.06. The lowest BCUT2D eigenvalue weighted by molar-refractivity contribution is -0.123. The molecule has 3 aromatic carbocycles. The summed E-state index contributed by atoms with van der Waals surface area (Å²) in [6, 6.07) is 25.6. The van der Waals surface area contributed by atoms with Crippen molar-refractivity contribution in [2.75, 3.05) is 11.9 Å². The molecule has 0 bridgehead atoms. The molecule has 0 aliphatic heterocycles. The molecule has 2 N–H and O–H groups in total. The lowest BCUT2D eigenvalue weighted by Gasteiger charge is -2.09. The first-order chi connectivity index (χ1) is 13.2. The van der Waals surface area contributed by atoms with Crippen LogP contribution in [0.4, 0.5) is 5.69 Å². The van der Waals surface area contributed by atoms with E-state index in [1.165, 1.54) is 0 Å². The van der Waals surface area contributed by atoms with Gasteiger partial charge in [0.05, 0.1) is 0 Å². The van der Waals surface area contributed by atoms with E-state index in [4.69, 9.17) is 4.74 Å². The second-order valence-electron chi connectivity index (χ2n) is 5.90. The monoisotopic (exact) mass is 360 g/mol. The maximum Gasteiger partial charge on any atom is 0.258 e. The Morgan fingerprint density at radius 2 is 1.41 bits per heavy atom. The molecular weight excluding hydrogens is 340 g/mol. The molecule has 3 rings (SSSR count). The normalized spacial score (nSPS) is 10.1. The Kier molecular flexibility index (Phi) is 6.20. The van der Waals surface area contributed by atoms with Crippen molar-refractivity contribution in [1.82, 2.24) is 5.32 Å². The molecule has 0 spiro atoms. The van der Waals surface area contributed by atoms with E-state index in [1.807, 2.05) is 48.5 Å². The van der Waals surface area contributed by atoms with Gasteiger partial charge in [-0.15, -0.1) is 0 Å². The Morgan fingerprint density at radius 3 is 2.07 bits per heavy atom. The summed E-state index contributed by atoms with van der Waals surface area (Å²) >= 11 is 0. The highest BCUT2D eigenvalue weighted by molar-refractivity contribution is 6.04. The molecule has 2 amide bonds. The quantitative estimate of drug-likeness (QED) is 0.676. The van der Waals surface area contributed by atoms with Crippen LogP contribution in [0.15, 0.2) is 84.9 Å². The Hall–Kier alpha value is -3.60. The summed E-state index contributed by atoms with van der Waals surface area (Å²) in [5, 5.41) is 5.62. The van der Waals surface area contributed by atoms with Gasteiger partial charge in [0.25, 0.3) is 11.8 Å². The molecule has 0 atom stereocenters. The molecule has 0 aromatic heterocycles. The highest BCUT2D eigenvalue weighted by atomic mass is 16.5. The van der Waals surface area contributed by atoms with Gasteiger partial charge in [0, 0.05) is 17.8 Å². The number of amides is 2. The number of rotatable bonds is 7. The Bertz CT molecular complexity index is 878. The van der Waals surface area contributed by atoms with E-state index in [0.29, 0.717) is 23.5 Å². The van der Waals surface area contributed by atoms with Crippen molar-refractivity contribution in [3.8, 4) is 5.75 Å². The number of hydrogen-bond acceptors (Lipinski definition) is 3. The van der Waals surface area contributed by atoms with E-state index < -0.39 is 0 Å². The second kappa shape index (κ2) is 9.20. The molecule has 136 valence electrons. The molecule has 5 nitrogen and oxygen atoms in total. The van der Waals surface area contributed by atoms with Crippen molar-refractivity contribution in [2.24, 2.45) is 0 Å². The van der Waals surface area contributed by atoms with Gasteiger partial charge in [-0.1, -0.05) is 48.5 Å². The SMILES string of the molecule is O=C(COc1ccc(NC(=O)c2ccccc2)cc1)NCc1ccccc1. The minimum Gasteiger partial charge on any atom is -0.484 e. The van der Waals surface area contributed by atoms with Crippen molar-refractivity contribution in [3.63, 3.8) is 0 Å². The number of ether oxygens (including phenoxy) is 1. The Morgan fingerprint density at radius 1 is 0.778 bits per heavy atom. The summed E-state index contributed by atoms with van der Waals surface area (Å²) in [6.45, 7) is 0.399. The van der Waals surface area contributed by atoms with E-state index in [1.54, 1.807) is 36.4 Å². The molecule has 0 radical (unpaired) electrons. The minimum absolute atomic E-state index is 0.0669. The van der Waals surface area contributed by atoms with Crippen LogP contribution < -0.4 is 15.4 Å². The van der Waals surface area contributed by atoms with Crippen LogP contribution in [-0.4, -0.2) is 18.4 Å². The Balaban J connectivity index is 1.45. The Labute approximate surface area is 158 Å². The third-order valence-electron chi connectivity index (χ3n) is 3.85. The maximum absolute atomic E-state index is 12.1. The second-order valence-corrected chi connectivity index (χ2v) is 5.90. The first-order valence-electron chi connectivity index (χ1n) is 8.60. The molecule has 0 heterocycles. The van der Waals surface area contributed by atoms with Crippen LogP contribution in [0, 0.1) is 0 Å². The van der Waals surface area contributed by atoms with Gasteiger partial charge >= 0.3 is 0 Å². The predicted molar refractivity (Wildman–Crippen MR) is 105 cm³/mol. The zero-order valence-electron chi connectivity index (χ0n) is 14.7. The van der Waals surface area contributed by atoms with Crippen molar-refractivity contribution in [1.29, 1.82) is 0 Å². The average molecular weight is 360 g/mol. The summed E-state index contributed by atoms with van der Waals surface area (Å²) in [4.78, 5) is 24.0. The van der Waals surface area contributed by atoms with Gasteiger partial charge in [0.2, 0.25) is 0 Å². The van der Waals surface area contributed by atoms with Crippen molar-refractivity contribution in [3.05, 3.63) is 96.1 Å². The molecule has 0 fully saturated rings. The van der Waals surface area contributed by atoms with Gasteiger partial charge in [-0.3, -0.25) is 9.59 Å². The van der Waals surface area contributed by atoms with E-state index in [-0.39, 0.29) is 18.4 Å². The fourth-order valence-electron chi connectivity index (χ4n) is 2.42. The predicted octanol–water partition coefficient (Wildman–Crippen LogP) is 3.63. The minimum atomic E-state index is -0.194. The molecule has 0 saturated heterocycles. The molecule has 27 heavy (non-hydrogen) atoms. The standard InChI is InChI=1S/C22H20N2O3/c25-21(23-15-17-7-3-1-4-8-17)16-27-20-13-11-19(12-14-20)24-22(26)18-9-5-2-6-10-18/h1-14H,15-16H2,(H,23,25)(H,24,26). The number of carbonyl (C=O) groups excluding carboxylic acids is 2. The maximum atomic E-state index is 12.1. The molecular formula is C22H20N2O3. The van der Waals surface area contributed by atoms with Crippen molar-refractivity contribution < 1.29 is 14.3 Å². The van der Waals surface area contributed by atoms with Crippen molar-refractivity contribution in [2.45, 2.75) is 6.54 Å². The number of nitrogens with one attached hydrogen (secondary N) is 2. The number of carbonyl (C=O) groups is 2. The van der Waals surface area contributed by atoms with Gasteiger partial charge in [0.15, 0.2) is 6.61 Å². The summed E-state index contributed by atoms with van der Waals surface area (Å²) in [5.41, 5.74) is 2.28. The smallest absolute Gasteiger partial charge is 0.258 e. The highest BCUT2D eigenvalue weighted by Crippen LogP contribution is 2.16. The molecule has 0 saturated carbocycles. The van der Waals surface area contributed by atoms with Gasteiger partial charge in [-0.05, 0) is 42.0 Å². The van der Waals surface area contributed by atoms with E-state index in [0.717, 1.165) is 5.56 Å². The van der Waals surface area contributed by atoms with Gasteiger partial charge in [0.1, 0.15) is 5.75 Å². The molecule has 0 aliphatic rings. The van der Waals surface area contributed by atoms with Gasteiger partial charge in [-0.2, -0.15) is 0 Å².